The molecule has 1 aliphatic rings. The molecule has 0 radical (unpaired) electrons. The van der Waals surface area contributed by atoms with Gasteiger partial charge >= 0.3 is 0 Å². The van der Waals surface area contributed by atoms with Gasteiger partial charge in [0.2, 0.25) is 5.91 Å². The van der Waals surface area contributed by atoms with E-state index in [1.54, 1.807) is 6.21 Å². The smallest absolute Gasteiger partial charge is 0.242 e. The zero-order valence-electron chi connectivity index (χ0n) is 18.2. The highest BCUT2D eigenvalue weighted by atomic mass is 16.3. The highest BCUT2D eigenvalue weighted by Gasteiger charge is 2.31. The molecule has 0 unspecified atom stereocenters. The van der Waals surface area contributed by atoms with Crippen LogP contribution in [0.4, 0.5) is 0 Å². The van der Waals surface area contributed by atoms with Crippen molar-refractivity contribution in [2.75, 3.05) is 0 Å². The maximum Gasteiger partial charge on any atom is 0.242 e. The summed E-state index contributed by atoms with van der Waals surface area (Å²) < 4.78 is 0. The van der Waals surface area contributed by atoms with Crippen LogP contribution in [0.5, 0.6) is 5.75 Å². The lowest BCUT2D eigenvalue weighted by Crippen LogP contribution is -2.37. The number of hydrogen-bond donors (Lipinski definition) is 3. The van der Waals surface area contributed by atoms with Crippen LogP contribution in [0, 0.1) is 0 Å². The van der Waals surface area contributed by atoms with Gasteiger partial charge in [-0.1, -0.05) is 60.8 Å². The molecular formula is C23H36N2O3. The number of aromatic hydroxyl groups is 1. The molecule has 156 valence electrons. The van der Waals surface area contributed by atoms with Crippen molar-refractivity contribution in [3.8, 4) is 5.75 Å². The van der Waals surface area contributed by atoms with Gasteiger partial charge in [-0.15, -0.1) is 0 Å². The van der Waals surface area contributed by atoms with E-state index in [1.807, 2.05) is 12.1 Å². The van der Waals surface area contributed by atoms with Gasteiger partial charge in [-0.05, 0) is 41.4 Å². The Balaban J connectivity index is 2.17. The fourth-order valence-electron chi connectivity index (χ4n) is 3.78. The highest BCUT2D eigenvalue weighted by molar-refractivity contribution is 5.84. The Hall–Kier alpha value is -1.88. The third-order valence-electron chi connectivity index (χ3n) is 5.43. The molecule has 1 aromatic rings. The third kappa shape index (κ3) is 5.81. The second kappa shape index (κ2) is 8.24. The number of nitrogens with zero attached hydrogens (tertiary/aromatic N) is 1. The van der Waals surface area contributed by atoms with E-state index in [9.17, 15) is 15.0 Å². The van der Waals surface area contributed by atoms with Gasteiger partial charge in [0.05, 0.1) is 18.2 Å². The van der Waals surface area contributed by atoms with Gasteiger partial charge in [-0.25, -0.2) is 5.43 Å². The van der Waals surface area contributed by atoms with Gasteiger partial charge < -0.3 is 10.2 Å². The largest absolute Gasteiger partial charge is 0.507 e. The number of hydrogen-bond acceptors (Lipinski definition) is 4. The molecule has 1 saturated carbocycles. The van der Waals surface area contributed by atoms with Crippen LogP contribution in [0.15, 0.2) is 17.2 Å². The average molecular weight is 389 g/mol. The molecule has 0 heterocycles. The first-order valence-corrected chi connectivity index (χ1v) is 10.2. The first-order chi connectivity index (χ1) is 12.8. The molecule has 1 amide bonds. The molecule has 1 aliphatic carbocycles. The number of nitrogens with one attached hydrogen (secondary N) is 1. The molecule has 0 atom stereocenters. The van der Waals surface area contributed by atoms with Crippen molar-refractivity contribution in [2.45, 2.75) is 96.5 Å². The van der Waals surface area contributed by atoms with Crippen LogP contribution >= 0.6 is 0 Å². The molecule has 0 spiro atoms. The number of rotatable bonds is 4. The number of phenolic OH excluding ortho intramolecular Hbond substituents is 1. The number of benzene rings is 1. The maximum absolute atomic E-state index is 12.2. The Bertz CT molecular complexity index is 698. The van der Waals surface area contributed by atoms with Crippen molar-refractivity contribution in [3.63, 3.8) is 0 Å². The van der Waals surface area contributed by atoms with Gasteiger partial charge in [-0.2, -0.15) is 5.10 Å². The van der Waals surface area contributed by atoms with E-state index in [0.29, 0.717) is 18.6 Å². The molecule has 0 saturated heterocycles. The quantitative estimate of drug-likeness (QED) is 0.524. The average Bonchev–Trinajstić information content (AvgIpc) is 2.54. The molecule has 5 nitrogen and oxygen atoms in total. The summed E-state index contributed by atoms with van der Waals surface area (Å²) in [5, 5.41) is 25.4. The minimum Gasteiger partial charge on any atom is -0.507 e. The number of hydrazone groups is 1. The summed E-state index contributed by atoms with van der Waals surface area (Å²) in [6, 6.07) is 3.82. The molecule has 1 fully saturated rings. The first-order valence-electron chi connectivity index (χ1n) is 10.2. The van der Waals surface area contributed by atoms with Crippen molar-refractivity contribution < 1.29 is 15.0 Å². The van der Waals surface area contributed by atoms with Gasteiger partial charge in [0.15, 0.2) is 0 Å². The van der Waals surface area contributed by atoms with E-state index >= 15 is 0 Å². The summed E-state index contributed by atoms with van der Waals surface area (Å²) in [6.07, 6.45) is 6.08. The third-order valence-corrected chi connectivity index (χ3v) is 5.43. The normalized spacial score (nSPS) is 17.7. The highest BCUT2D eigenvalue weighted by Crippen LogP contribution is 2.39. The summed E-state index contributed by atoms with van der Waals surface area (Å²) >= 11 is 0. The minimum atomic E-state index is -0.894. The SMILES string of the molecule is CC(C)(C)c1cc(/C=N/NC(=O)CC2(O)CCCCC2)cc(C(C)(C)C)c1O. The van der Waals surface area contributed by atoms with Gasteiger partial charge in [0.1, 0.15) is 5.75 Å². The van der Waals surface area contributed by atoms with Crippen LogP contribution in [-0.2, 0) is 15.6 Å². The summed E-state index contributed by atoms with van der Waals surface area (Å²) in [5.41, 5.74) is 3.73. The maximum atomic E-state index is 12.2. The topological polar surface area (TPSA) is 81.9 Å². The van der Waals surface area contributed by atoms with E-state index in [1.165, 1.54) is 0 Å². The summed E-state index contributed by atoms with van der Waals surface area (Å²) in [7, 11) is 0. The molecule has 0 aliphatic heterocycles. The molecule has 28 heavy (non-hydrogen) atoms. The van der Waals surface area contributed by atoms with Crippen molar-refractivity contribution >= 4 is 12.1 Å². The molecule has 3 N–H and O–H groups in total. The van der Waals surface area contributed by atoms with Gasteiger partial charge in [-0.3, -0.25) is 4.79 Å². The van der Waals surface area contributed by atoms with Crippen LogP contribution in [0.3, 0.4) is 0 Å². The lowest BCUT2D eigenvalue weighted by Gasteiger charge is -2.31. The Morgan fingerprint density at radius 2 is 1.57 bits per heavy atom. The predicted octanol–water partition coefficient (Wildman–Crippen LogP) is 4.52. The van der Waals surface area contributed by atoms with E-state index in [4.69, 9.17) is 0 Å². The Morgan fingerprint density at radius 3 is 2.04 bits per heavy atom. The predicted molar refractivity (Wildman–Crippen MR) is 114 cm³/mol. The number of carbonyl (C=O) groups excluding carboxylic acids is 1. The first kappa shape index (κ1) is 22.4. The zero-order valence-corrected chi connectivity index (χ0v) is 18.2. The van der Waals surface area contributed by atoms with Crippen molar-refractivity contribution in [1.29, 1.82) is 0 Å². The summed E-state index contributed by atoms with van der Waals surface area (Å²) in [4.78, 5) is 12.2. The molecule has 2 rings (SSSR count). The van der Waals surface area contributed by atoms with Gasteiger partial charge in [0.25, 0.3) is 0 Å². The fraction of sp³-hybridized carbons (Fsp3) is 0.652. The van der Waals surface area contributed by atoms with Crippen LogP contribution < -0.4 is 5.43 Å². The lowest BCUT2D eigenvalue weighted by atomic mass is 9.78. The molecule has 1 aromatic carbocycles. The monoisotopic (exact) mass is 388 g/mol. The molecular weight excluding hydrogens is 352 g/mol. The molecule has 0 bridgehead atoms. The van der Waals surface area contributed by atoms with E-state index in [-0.39, 0.29) is 23.2 Å². The van der Waals surface area contributed by atoms with Crippen LogP contribution in [0.1, 0.15) is 96.8 Å². The van der Waals surface area contributed by atoms with Gasteiger partial charge in [0, 0.05) is 11.1 Å². The van der Waals surface area contributed by atoms with Crippen molar-refractivity contribution in [3.05, 3.63) is 28.8 Å². The zero-order chi connectivity index (χ0) is 21.2. The number of carbonyl (C=O) groups is 1. The van der Waals surface area contributed by atoms with Crippen molar-refractivity contribution in [2.24, 2.45) is 5.10 Å². The second-order valence-corrected chi connectivity index (χ2v) is 10.2. The van der Waals surface area contributed by atoms with Crippen LogP contribution in [0.2, 0.25) is 0 Å². The molecule has 5 heteroatoms. The minimum absolute atomic E-state index is 0.0837. The van der Waals surface area contributed by atoms with Crippen LogP contribution in [-0.4, -0.2) is 27.9 Å². The molecule has 0 aromatic heterocycles. The number of amides is 1. The van der Waals surface area contributed by atoms with E-state index in [0.717, 1.165) is 36.0 Å². The fourth-order valence-corrected chi connectivity index (χ4v) is 3.78. The Labute approximate surface area is 169 Å². The second-order valence-electron chi connectivity index (χ2n) is 10.2. The Morgan fingerprint density at radius 1 is 1.07 bits per heavy atom. The van der Waals surface area contributed by atoms with E-state index in [2.05, 4.69) is 52.1 Å². The lowest BCUT2D eigenvalue weighted by molar-refractivity contribution is -0.127. The van der Waals surface area contributed by atoms with Crippen molar-refractivity contribution in [1.82, 2.24) is 5.43 Å². The number of aliphatic hydroxyl groups is 1. The van der Waals surface area contributed by atoms with Crippen LogP contribution in [0.25, 0.3) is 0 Å². The number of phenols is 1. The Kier molecular flexibility index (Phi) is 6.59. The summed E-state index contributed by atoms with van der Waals surface area (Å²) in [6.45, 7) is 12.3. The van der Waals surface area contributed by atoms with E-state index < -0.39 is 5.60 Å². The summed E-state index contributed by atoms with van der Waals surface area (Å²) in [5.74, 6) is 0.0484. The standard InChI is InChI=1S/C23H36N2O3/c1-21(2,3)17-12-16(13-18(20(17)27)22(4,5)6)15-24-25-19(26)14-23(28)10-8-7-9-11-23/h12-13,15,27-28H,7-11,14H2,1-6H3,(H,25,26)/b24-15+.